The number of carbonyl (C=O) groups is 1. The van der Waals surface area contributed by atoms with Crippen LogP contribution in [0.3, 0.4) is 0 Å². The second-order valence-corrected chi connectivity index (χ2v) is 4.52. The van der Waals surface area contributed by atoms with E-state index in [1.807, 2.05) is 13.0 Å². The average Bonchev–Trinajstić information content (AvgIpc) is 2.33. The molecule has 0 saturated heterocycles. The first-order valence-corrected chi connectivity index (χ1v) is 5.98. The Labute approximate surface area is 115 Å². The van der Waals surface area contributed by atoms with Crippen molar-refractivity contribution in [1.29, 1.82) is 0 Å². The molecule has 0 aliphatic rings. The van der Waals surface area contributed by atoms with Crippen molar-refractivity contribution in [3.05, 3.63) is 58.4 Å². The van der Waals surface area contributed by atoms with E-state index < -0.39 is 11.7 Å². The van der Waals surface area contributed by atoms with Gasteiger partial charge in [0.25, 0.3) is 5.91 Å². The fourth-order valence-electron chi connectivity index (χ4n) is 1.71. The maximum Gasteiger partial charge on any atom is 0.257 e. The Hall–Kier alpha value is -2.07. The molecule has 1 amide bonds. The van der Waals surface area contributed by atoms with Crippen molar-refractivity contribution in [2.45, 2.75) is 6.92 Å². The summed E-state index contributed by atoms with van der Waals surface area (Å²) in [4.78, 5) is 12.1. The Balaban J connectivity index is 2.31. The summed E-state index contributed by atoms with van der Waals surface area (Å²) in [6.07, 6.45) is 0. The highest BCUT2D eigenvalue weighted by molar-refractivity contribution is 6.34. The minimum atomic E-state index is -0.483. The number of hydrogen-bond donors (Lipinski definition) is 2. The van der Waals surface area contributed by atoms with E-state index in [-0.39, 0.29) is 11.3 Å². The standard InChI is InChI=1S/C14H12ClFN2O/c1-8-3-2-4-11(15)13(8)18-14(19)10-6-5-9(16)7-12(10)17/h2-7H,17H2,1H3,(H,18,19). The van der Waals surface area contributed by atoms with E-state index in [2.05, 4.69) is 5.32 Å². The third kappa shape index (κ3) is 2.85. The Morgan fingerprint density at radius 1 is 1.32 bits per heavy atom. The first kappa shape index (κ1) is 13.4. The fourth-order valence-corrected chi connectivity index (χ4v) is 1.98. The zero-order valence-corrected chi connectivity index (χ0v) is 11.0. The van der Waals surface area contributed by atoms with Gasteiger partial charge in [-0.1, -0.05) is 23.7 Å². The van der Waals surface area contributed by atoms with Crippen LogP contribution < -0.4 is 11.1 Å². The van der Waals surface area contributed by atoms with E-state index >= 15 is 0 Å². The molecule has 0 radical (unpaired) electrons. The summed E-state index contributed by atoms with van der Waals surface area (Å²) in [5.74, 6) is -0.906. The van der Waals surface area contributed by atoms with Crippen LogP contribution in [0.1, 0.15) is 15.9 Å². The number of nitrogen functional groups attached to an aromatic ring is 1. The lowest BCUT2D eigenvalue weighted by Crippen LogP contribution is -2.15. The molecule has 2 aromatic rings. The van der Waals surface area contributed by atoms with Crippen molar-refractivity contribution in [3.63, 3.8) is 0 Å². The molecule has 2 aromatic carbocycles. The summed E-state index contributed by atoms with van der Waals surface area (Å²) >= 11 is 6.02. The Kier molecular flexibility index (Phi) is 3.71. The predicted octanol–water partition coefficient (Wildman–Crippen LogP) is 3.62. The minimum Gasteiger partial charge on any atom is -0.398 e. The highest BCUT2D eigenvalue weighted by Gasteiger charge is 2.13. The van der Waals surface area contributed by atoms with Crippen LogP contribution in [0.5, 0.6) is 0 Å². The maximum atomic E-state index is 12.9. The molecule has 0 atom stereocenters. The molecule has 0 aliphatic heterocycles. The number of halogens is 2. The monoisotopic (exact) mass is 278 g/mol. The van der Waals surface area contributed by atoms with Gasteiger partial charge in [-0.05, 0) is 36.8 Å². The molecule has 0 heterocycles. The molecule has 0 aromatic heterocycles. The van der Waals surface area contributed by atoms with E-state index in [4.69, 9.17) is 17.3 Å². The van der Waals surface area contributed by atoms with E-state index in [1.165, 1.54) is 12.1 Å². The number of rotatable bonds is 2. The minimum absolute atomic E-state index is 0.0854. The largest absolute Gasteiger partial charge is 0.398 e. The van der Waals surface area contributed by atoms with Crippen molar-refractivity contribution < 1.29 is 9.18 Å². The van der Waals surface area contributed by atoms with E-state index in [0.717, 1.165) is 11.6 Å². The highest BCUT2D eigenvalue weighted by atomic mass is 35.5. The SMILES string of the molecule is Cc1cccc(Cl)c1NC(=O)c1ccc(F)cc1N. The number of carbonyl (C=O) groups excluding carboxylic acids is 1. The first-order chi connectivity index (χ1) is 8.99. The number of benzene rings is 2. The molecule has 5 heteroatoms. The molecule has 98 valence electrons. The van der Waals surface area contributed by atoms with Gasteiger partial charge in [0.2, 0.25) is 0 Å². The number of amides is 1. The first-order valence-electron chi connectivity index (χ1n) is 5.60. The Morgan fingerprint density at radius 3 is 2.68 bits per heavy atom. The number of para-hydroxylation sites is 1. The van der Waals surface area contributed by atoms with Gasteiger partial charge < -0.3 is 11.1 Å². The molecule has 0 spiro atoms. The van der Waals surface area contributed by atoms with Gasteiger partial charge in [0.15, 0.2) is 0 Å². The molecule has 0 fully saturated rings. The fraction of sp³-hybridized carbons (Fsp3) is 0.0714. The third-order valence-electron chi connectivity index (χ3n) is 2.72. The molecule has 3 nitrogen and oxygen atoms in total. The van der Waals surface area contributed by atoms with Crippen LogP contribution in [-0.4, -0.2) is 5.91 Å². The smallest absolute Gasteiger partial charge is 0.257 e. The van der Waals surface area contributed by atoms with E-state index in [1.54, 1.807) is 12.1 Å². The van der Waals surface area contributed by atoms with Crippen LogP contribution in [0.25, 0.3) is 0 Å². The van der Waals surface area contributed by atoms with Crippen molar-refractivity contribution in [2.75, 3.05) is 11.1 Å². The van der Waals surface area contributed by atoms with Crippen LogP contribution in [-0.2, 0) is 0 Å². The van der Waals surface area contributed by atoms with Gasteiger partial charge in [0.1, 0.15) is 5.82 Å². The van der Waals surface area contributed by atoms with Gasteiger partial charge in [0.05, 0.1) is 16.3 Å². The second-order valence-electron chi connectivity index (χ2n) is 4.12. The number of aryl methyl sites for hydroxylation is 1. The summed E-state index contributed by atoms with van der Waals surface area (Å²) in [5, 5.41) is 3.12. The van der Waals surface area contributed by atoms with Crippen LogP contribution in [0.4, 0.5) is 15.8 Å². The van der Waals surface area contributed by atoms with Crippen LogP contribution in [0.2, 0.25) is 5.02 Å². The summed E-state index contributed by atoms with van der Waals surface area (Å²) in [6.45, 7) is 1.83. The predicted molar refractivity (Wildman–Crippen MR) is 75.0 cm³/mol. The lowest BCUT2D eigenvalue weighted by atomic mass is 10.1. The second kappa shape index (κ2) is 5.28. The van der Waals surface area contributed by atoms with Gasteiger partial charge in [-0.3, -0.25) is 4.79 Å². The van der Waals surface area contributed by atoms with Crippen molar-refractivity contribution in [3.8, 4) is 0 Å². The van der Waals surface area contributed by atoms with Crippen molar-refractivity contribution in [1.82, 2.24) is 0 Å². The van der Waals surface area contributed by atoms with Crippen LogP contribution in [0.15, 0.2) is 36.4 Å². The molecule has 3 N–H and O–H groups in total. The maximum absolute atomic E-state index is 12.9. The lowest BCUT2D eigenvalue weighted by Gasteiger charge is -2.11. The average molecular weight is 279 g/mol. The van der Waals surface area contributed by atoms with Crippen LogP contribution in [0, 0.1) is 12.7 Å². The normalized spacial score (nSPS) is 10.3. The lowest BCUT2D eigenvalue weighted by molar-refractivity contribution is 0.102. The molecule has 0 bridgehead atoms. The van der Waals surface area contributed by atoms with E-state index in [9.17, 15) is 9.18 Å². The zero-order chi connectivity index (χ0) is 14.0. The number of nitrogens with one attached hydrogen (secondary N) is 1. The highest BCUT2D eigenvalue weighted by Crippen LogP contribution is 2.26. The van der Waals surface area contributed by atoms with Crippen molar-refractivity contribution in [2.24, 2.45) is 0 Å². The topological polar surface area (TPSA) is 55.1 Å². The number of hydrogen-bond acceptors (Lipinski definition) is 2. The molecule has 0 unspecified atom stereocenters. The quantitative estimate of drug-likeness (QED) is 0.824. The van der Waals surface area contributed by atoms with Gasteiger partial charge >= 0.3 is 0 Å². The zero-order valence-electron chi connectivity index (χ0n) is 10.2. The summed E-state index contributed by atoms with van der Waals surface area (Å²) in [7, 11) is 0. The summed E-state index contributed by atoms with van der Waals surface area (Å²) in [6, 6.07) is 8.93. The summed E-state index contributed by atoms with van der Waals surface area (Å²) < 4.78 is 12.9. The molecule has 0 saturated carbocycles. The number of nitrogens with two attached hydrogens (primary N) is 1. The molecule has 2 rings (SSSR count). The summed E-state index contributed by atoms with van der Waals surface area (Å²) in [5.41, 5.74) is 7.27. The van der Waals surface area contributed by atoms with Crippen molar-refractivity contribution >= 4 is 28.9 Å². The van der Waals surface area contributed by atoms with Crippen LogP contribution >= 0.6 is 11.6 Å². The molecule has 19 heavy (non-hydrogen) atoms. The number of anilines is 2. The third-order valence-corrected chi connectivity index (χ3v) is 3.03. The Morgan fingerprint density at radius 2 is 2.05 bits per heavy atom. The van der Waals surface area contributed by atoms with Gasteiger partial charge in [0, 0.05) is 5.69 Å². The van der Waals surface area contributed by atoms with Gasteiger partial charge in [-0.15, -0.1) is 0 Å². The molecule has 0 aliphatic carbocycles. The molecular formula is C14H12ClFN2O. The van der Waals surface area contributed by atoms with E-state index in [0.29, 0.717) is 10.7 Å². The molecular weight excluding hydrogens is 267 g/mol. The van der Waals surface area contributed by atoms with Gasteiger partial charge in [-0.25, -0.2) is 4.39 Å². The van der Waals surface area contributed by atoms with Gasteiger partial charge in [-0.2, -0.15) is 0 Å². The Bertz CT molecular complexity index is 623.